The number of ketones is 1. The quantitative estimate of drug-likeness (QED) is 0.231. The van der Waals surface area contributed by atoms with E-state index in [0.717, 1.165) is 24.0 Å². The Morgan fingerprint density at radius 3 is 2.08 bits per heavy atom. The highest BCUT2D eigenvalue weighted by Gasteiger charge is 2.68. The van der Waals surface area contributed by atoms with Crippen LogP contribution in [0, 0.1) is 29.1 Å². The summed E-state index contributed by atoms with van der Waals surface area (Å²) in [5.74, 6) is -0.156. The zero-order valence-electron chi connectivity index (χ0n) is 30.1. The van der Waals surface area contributed by atoms with Gasteiger partial charge in [0.25, 0.3) is 0 Å². The Bertz CT molecular complexity index is 1430. The van der Waals surface area contributed by atoms with E-state index in [4.69, 9.17) is 14.0 Å². The van der Waals surface area contributed by atoms with Gasteiger partial charge in [-0.25, -0.2) is 4.79 Å². The van der Waals surface area contributed by atoms with E-state index in [1.807, 2.05) is 60.7 Å². The molecule has 4 fully saturated rings. The number of amides is 2. The minimum atomic E-state index is -0.862. The molecule has 4 aliphatic rings. The summed E-state index contributed by atoms with van der Waals surface area (Å²) >= 11 is 0. The van der Waals surface area contributed by atoms with Crippen LogP contribution in [-0.4, -0.2) is 54.2 Å². The first kappa shape index (κ1) is 36.1. The van der Waals surface area contributed by atoms with Crippen molar-refractivity contribution in [2.45, 2.75) is 123 Å². The summed E-state index contributed by atoms with van der Waals surface area (Å²) in [6.45, 7) is 16.5. The molecule has 2 bridgehead atoms. The Hall–Kier alpha value is -3.17. The highest BCUT2D eigenvalue weighted by atomic mass is 16.7. The van der Waals surface area contributed by atoms with Gasteiger partial charge in [-0.15, -0.1) is 0 Å². The summed E-state index contributed by atoms with van der Waals surface area (Å²) in [6, 6.07) is 18.4. The number of alkyl carbamates (subject to hydrolysis) is 1. The average Bonchev–Trinajstić information content (AvgIpc) is 3.37. The Morgan fingerprint density at radius 2 is 1.52 bits per heavy atom. The fourth-order valence-electron chi connectivity index (χ4n) is 8.20. The molecule has 0 spiro atoms. The van der Waals surface area contributed by atoms with E-state index in [2.05, 4.69) is 45.3 Å². The Labute approximate surface area is 287 Å². The van der Waals surface area contributed by atoms with Gasteiger partial charge in [-0.2, -0.15) is 0 Å². The minimum Gasteiger partial charge on any atom is -0.444 e. The first-order valence-corrected chi connectivity index (χ1v) is 17.8. The molecule has 2 aromatic carbocycles. The van der Waals surface area contributed by atoms with E-state index in [-0.39, 0.29) is 53.5 Å². The van der Waals surface area contributed by atoms with Crippen LogP contribution in [-0.2, 0) is 36.5 Å². The maximum absolute atomic E-state index is 14.3. The number of hydrogen-bond donors (Lipinski definition) is 2. The lowest BCUT2D eigenvalue weighted by molar-refractivity contribution is -0.199. The number of carbonyl (C=O) groups excluding carboxylic acids is 3. The highest BCUT2D eigenvalue weighted by Crippen LogP contribution is 2.65. The van der Waals surface area contributed by atoms with Crippen LogP contribution < -0.4 is 10.6 Å². The highest BCUT2D eigenvalue weighted by molar-refractivity contribution is 6.47. The summed E-state index contributed by atoms with van der Waals surface area (Å²) in [5, 5.41) is 6.11. The van der Waals surface area contributed by atoms with Crippen LogP contribution in [0.2, 0.25) is 0 Å². The van der Waals surface area contributed by atoms with Crippen molar-refractivity contribution in [1.29, 1.82) is 0 Å². The fraction of sp³-hybridized carbons (Fsp3) is 0.615. The van der Waals surface area contributed by atoms with Crippen molar-refractivity contribution < 1.29 is 28.4 Å². The smallest absolute Gasteiger partial charge is 0.444 e. The topological polar surface area (TPSA) is 103 Å². The molecule has 48 heavy (non-hydrogen) atoms. The van der Waals surface area contributed by atoms with E-state index < -0.39 is 30.8 Å². The van der Waals surface area contributed by atoms with E-state index in [1.54, 1.807) is 20.8 Å². The van der Waals surface area contributed by atoms with Gasteiger partial charge in [0, 0.05) is 12.3 Å². The maximum atomic E-state index is 14.3. The molecule has 7 unspecified atom stereocenters. The molecular weight excluding hydrogens is 603 g/mol. The van der Waals surface area contributed by atoms with E-state index in [9.17, 15) is 14.4 Å². The number of rotatable bonds is 13. The van der Waals surface area contributed by atoms with Crippen LogP contribution in [0.25, 0.3) is 0 Å². The summed E-state index contributed by atoms with van der Waals surface area (Å²) in [6.07, 6.45) is 2.76. The third-order valence-electron chi connectivity index (χ3n) is 10.9. The van der Waals surface area contributed by atoms with Crippen LogP contribution in [0.5, 0.6) is 0 Å². The third-order valence-corrected chi connectivity index (χ3v) is 10.9. The predicted molar refractivity (Wildman–Crippen MR) is 188 cm³/mol. The monoisotopic (exact) mass is 658 g/mol. The van der Waals surface area contributed by atoms with Crippen molar-refractivity contribution in [2.75, 3.05) is 0 Å². The molecule has 3 saturated carbocycles. The first-order valence-electron chi connectivity index (χ1n) is 17.8. The lowest BCUT2D eigenvalue weighted by atomic mass is 9.43. The molecule has 8 nitrogen and oxygen atoms in total. The normalized spacial score (nSPS) is 26.1. The molecule has 2 aromatic rings. The number of benzene rings is 2. The van der Waals surface area contributed by atoms with Gasteiger partial charge >= 0.3 is 13.2 Å². The molecule has 0 aromatic heterocycles. The summed E-state index contributed by atoms with van der Waals surface area (Å²) in [5.41, 5.74) is 0.963. The number of Topliss-reactive ketones (excluding diaryl/α,β-unsaturated/α-hetero) is 1. The van der Waals surface area contributed by atoms with E-state index >= 15 is 0 Å². The SMILES string of the molecule is CC(C)CC(NC(=O)C(CC(=O)C(Cc1ccccc1)NC(=O)OC(C)(C)C)Cc1ccccc1)B1OC2CC3CC(C3(C)C)C2(C)O1. The summed E-state index contributed by atoms with van der Waals surface area (Å²) in [7, 11) is -0.561. The lowest BCUT2D eigenvalue weighted by Crippen LogP contribution is -2.65. The minimum absolute atomic E-state index is 0.00482. The maximum Gasteiger partial charge on any atom is 0.481 e. The van der Waals surface area contributed by atoms with Crippen molar-refractivity contribution in [2.24, 2.45) is 29.1 Å². The van der Waals surface area contributed by atoms with Crippen molar-refractivity contribution >= 4 is 24.9 Å². The van der Waals surface area contributed by atoms with E-state index in [1.165, 1.54) is 0 Å². The molecule has 1 heterocycles. The number of ether oxygens (including phenoxy) is 1. The van der Waals surface area contributed by atoms with Crippen LogP contribution in [0.3, 0.4) is 0 Å². The molecule has 2 amide bonds. The Balaban J connectivity index is 1.35. The van der Waals surface area contributed by atoms with Gasteiger partial charge in [-0.05, 0) is 94.1 Å². The van der Waals surface area contributed by atoms with Crippen molar-refractivity contribution in [1.82, 2.24) is 10.6 Å². The largest absolute Gasteiger partial charge is 0.481 e. The third kappa shape index (κ3) is 8.34. The van der Waals surface area contributed by atoms with Crippen molar-refractivity contribution in [3.05, 3.63) is 71.8 Å². The first-order chi connectivity index (χ1) is 22.5. The van der Waals surface area contributed by atoms with Crippen LogP contribution in [0.4, 0.5) is 4.79 Å². The second-order valence-electron chi connectivity index (χ2n) is 16.5. The van der Waals surface area contributed by atoms with Crippen LogP contribution in [0.1, 0.15) is 92.2 Å². The number of hydrogen-bond acceptors (Lipinski definition) is 6. The molecule has 3 aliphatic carbocycles. The molecule has 1 aliphatic heterocycles. The average molecular weight is 659 g/mol. The van der Waals surface area contributed by atoms with Crippen molar-refractivity contribution in [3.8, 4) is 0 Å². The molecule has 1 saturated heterocycles. The predicted octanol–water partition coefficient (Wildman–Crippen LogP) is 6.74. The summed E-state index contributed by atoms with van der Waals surface area (Å²) in [4.78, 5) is 41.3. The Morgan fingerprint density at radius 1 is 0.917 bits per heavy atom. The van der Waals surface area contributed by atoms with Gasteiger partial charge in [0.2, 0.25) is 5.91 Å². The second-order valence-corrected chi connectivity index (χ2v) is 16.5. The molecule has 9 heteroatoms. The van der Waals surface area contributed by atoms with Gasteiger partial charge in [-0.1, -0.05) is 88.4 Å². The molecule has 7 atom stereocenters. The zero-order valence-corrected chi connectivity index (χ0v) is 30.1. The zero-order chi connectivity index (χ0) is 34.9. The molecule has 260 valence electrons. The number of nitrogens with one attached hydrogen (secondary N) is 2. The molecule has 0 radical (unpaired) electrons. The second kappa shape index (κ2) is 14.4. The van der Waals surface area contributed by atoms with E-state index in [0.29, 0.717) is 24.7 Å². The van der Waals surface area contributed by atoms with Gasteiger partial charge in [0.05, 0.1) is 23.7 Å². The van der Waals surface area contributed by atoms with Crippen LogP contribution in [0.15, 0.2) is 60.7 Å². The van der Waals surface area contributed by atoms with Gasteiger partial charge in [-0.3, -0.25) is 9.59 Å². The Kier molecular flexibility index (Phi) is 10.8. The molecular formula is C39H55BN2O6. The molecule has 2 N–H and O–H groups in total. The van der Waals surface area contributed by atoms with Gasteiger partial charge in [0.15, 0.2) is 5.78 Å². The lowest BCUT2D eigenvalue weighted by Gasteiger charge is -2.64. The number of carbonyl (C=O) groups is 3. The summed E-state index contributed by atoms with van der Waals surface area (Å²) < 4.78 is 18.9. The van der Waals surface area contributed by atoms with Crippen molar-refractivity contribution in [3.63, 3.8) is 0 Å². The van der Waals surface area contributed by atoms with Crippen LogP contribution >= 0.6 is 0 Å². The molecule has 6 rings (SSSR count). The van der Waals surface area contributed by atoms with Gasteiger partial charge in [0.1, 0.15) is 5.60 Å². The fourth-order valence-corrected chi connectivity index (χ4v) is 8.20. The van der Waals surface area contributed by atoms with Gasteiger partial charge < -0.3 is 24.7 Å². The standard InChI is InChI=1S/C39H55BN2O6/c1-25(2)19-34(40-47-33-24-29-23-32(38(29,6)7)39(33,8)48-40)42-35(44)28(20-26-15-11-9-12-16-26)22-31(43)30(21-27-17-13-10-14-18-27)41-36(45)46-37(3,4)5/h9-18,25,28-30,32-34H,19-24H2,1-8H3,(H,41,45)(H,42,44).